The quantitative estimate of drug-likeness (QED) is 0.0925. The normalized spacial score (nSPS) is 16.0. The number of allylic oxidation sites excluding steroid dienone is 2. The van der Waals surface area contributed by atoms with E-state index in [1.54, 1.807) is 6.92 Å². The van der Waals surface area contributed by atoms with Gasteiger partial charge in [-0.2, -0.15) is 26.9 Å². The third-order valence-electron chi connectivity index (χ3n) is 6.78. The molecule has 8 nitrogen and oxygen atoms in total. The second-order valence-electron chi connectivity index (χ2n) is 9.98. The SMILES string of the molecule is C=C(OC(F)F)/C(=C(\N=CC)C1CC1)c1ncc(OC)c(OCc2ccc(-c3nc(C(F)(F)F)cn3C3CC3)c(F)c2)n1. The molecule has 2 aliphatic rings. The highest BCUT2D eigenvalue weighted by Gasteiger charge is 2.38. The second kappa shape index (κ2) is 12.1. The average molecular weight is 608 g/mol. The van der Waals surface area contributed by atoms with E-state index in [-0.39, 0.29) is 58.7 Å². The number of ether oxygens (including phenoxy) is 3. The number of aromatic nitrogens is 4. The summed E-state index contributed by atoms with van der Waals surface area (Å²) >= 11 is 0. The Morgan fingerprint density at radius 1 is 1.19 bits per heavy atom. The zero-order chi connectivity index (χ0) is 30.9. The Bertz CT molecular complexity index is 1570. The zero-order valence-electron chi connectivity index (χ0n) is 23.2. The summed E-state index contributed by atoms with van der Waals surface area (Å²) in [4.78, 5) is 16.6. The lowest BCUT2D eigenvalue weighted by Gasteiger charge is -2.16. The van der Waals surface area contributed by atoms with Crippen molar-refractivity contribution in [3.05, 3.63) is 71.5 Å². The van der Waals surface area contributed by atoms with Gasteiger partial charge in [0.2, 0.25) is 0 Å². The number of methoxy groups -OCH3 is 1. The highest BCUT2D eigenvalue weighted by molar-refractivity contribution is 5.78. The molecule has 2 aromatic heterocycles. The number of hydrogen-bond donors (Lipinski definition) is 0. The molecule has 0 spiro atoms. The van der Waals surface area contributed by atoms with Crippen molar-refractivity contribution in [2.24, 2.45) is 10.9 Å². The molecule has 0 bridgehead atoms. The highest BCUT2D eigenvalue weighted by Crippen LogP contribution is 2.44. The van der Waals surface area contributed by atoms with Crippen molar-refractivity contribution in [2.75, 3.05) is 7.11 Å². The van der Waals surface area contributed by atoms with Gasteiger partial charge in [-0.25, -0.2) is 14.4 Å². The minimum absolute atomic E-state index is 0.0106. The van der Waals surface area contributed by atoms with E-state index in [1.165, 1.54) is 36.2 Å². The zero-order valence-corrected chi connectivity index (χ0v) is 23.2. The van der Waals surface area contributed by atoms with Crippen LogP contribution in [-0.2, 0) is 17.5 Å². The van der Waals surface area contributed by atoms with Crippen molar-refractivity contribution in [3.63, 3.8) is 0 Å². The van der Waals surface area contributed by atoms with Crippen molar-refractivity contribution < 1.29 is 40.6 Å². The van der Waals surface area contributed by atoms with Gasteiger partial charge in [0.05, 0.1) is 30.1 Å². The monoisotopic (exact) mass is 607 g/mol. The first-order valence-corrected chi connectivity index (χ1v) is 13.4. The van der Waals surface area contributed by atoms with Crippen LogP contribution in [0.1, 0.15) is 55.7 Å². The van der Waals surface area contributed by atoms with E-state index >= 15 is 4.39 Å². The Balaban J connectivity index is 1.43. The fourth-order valence-corrected chi connectivity index (χ4v) is 4.48. The van der Waals surface area contributed by atoms with Crippen LogP contribution in [0.25, 0.3) is 17.0 Å². The summed E-state index contributed by atoms with van der Waals surface area (Å²) in [6, 6.07) is 3.81. The average Bonchev–Trinajstić information content (AvgIpc) is 3.89. The van der Waals surface area contributed by atoms with Crippen LogP contribution in [0.5, 0.6) is 11.6 Å². The molecule has 2 fully saturated rings. The number of hydrogen-bond acceptors (Lipinski definition) is 7. The van der Waals surface area contributed by atoms with Crippen molar-refractivity contribution in [1.82, 2.24) is 19.5 Å². The molecule has 0 amide bonds. The van der Waals surface area contributed by atoms with E-state index in [1.807, 2.05) is 0 Å². The fraction of sp³-hybridized carbons (Fsp3) is 0.379. The van der Waals surface area contributed by atoms with Crippen molar-refractivity contribution in [3.8, 4) is 23.0 Å². The predicted molar refractivity (Wildman–Crippen MR) is 144 cm³/mol. The first-order chi connectivity index (χ1) is 20.5. The van der Waals surface area contributed by atoms with Gasteiger partial charge >= 0.3 is 12.8 Å². The molecule has 43 heavy (non-hydrogen) atoms. The lowest BCUT2D eigenvalue weighted by molar-refractivity contribution is -0.140. The standard InChI is InChI=1S/C29H27F6N5O3/c1-4-36-24(17-6-7-17)23(15(2)43-28(31)32)25-37-12-21(41-3)27(39-25)42-14-16-5-10-19(20(30)11-16)26-38-22(29(33,34)35)13-40(26)18-8-9-18/h4-5,10-13,17-18,28H,2,6-9,14H2,1,3H3/b24-23+,36-4?. The highest BCUT2D eigenvalue weighted by atomic mass is 19.4. The van der Waals surface area contributed by atoms with Crippen molar-refractivity contribution in [1.29, 1.82) is 0 Å². The maximum Gasteiger partial charge on any atom is 0.434 e. The molecule has 2 heterocycles. The molecule has 0 atom stereocenters. The molecular weight excluding hydrogens is 580 g/mol. The van der Waals surface area contributed by atoms with Crippen molar-refractivity contribution in [2.45, 2.75) is 58.0 Å². The Morgan fingerprint density at radius 3 is 2.51 bits per heavy atom. The van der Waals surface area contributed by atoms with Gasteiger partial charge in [-0.1, -0.05) is 12.6 Å². The van der Waals surface area contributed by atoms with Gasteiger partial charge in [-0.3, -0.25) is 4.99 Å². The minimum Gasteiger partial charge on any atom is -0.490 e. The maximum atomic E-state index is 15.2. The number of aliphatic imine (C=N–C) groups is 1. The summed E-state index contributed by atoms with van der Waals surface area (Å²) < 4.78 is 98.4. The molecule has 0 radical (unpaired) electrons. The van der Waals surface area contributed by atoms with Crippen LogP contribution in [0.3, 0.4) is 0 Å². The van der Waals surface area contributed by atoms with E-state index in [4.69, 9.17) is 9.47 Å². The number of nitrogens with zero attached hydrogens (tertiary/aromatic N) is 5. The summed E-state index contributed by atoms with van der Waals surface area (Å²) in [5, 5.41) is 0. The first kappa shape index (κ1) is 30.1. The van der Waals surface area contributed by atoms with Gasteiger partial charge in [0.1, 0.15) is 24.0 Å². The largest absolute Gasteiger partial charge is 0.490 e. The van der Waals surface area contributed by atoms with Crippen LogP contribution in [0, 0.1) is 11.7 Å². The maximum absolute atomic E-state index is 15.2. The molecule has 0 unspecified atom stereocenters. The van der Waals surface area contributed by atoms with Crippen LogP contribution in [-0.4, -0.2) is 39.5 Å². The number of halogens is 6. The Morgan fingerprint density at radius 2 is 1.93 bits per heavy atom. The molecule has 2 aliphatic carbocycles. The number of alkyl halides is 5. The number of rotatable bonds is 12. The molecule has 5 rings (SSSR count). The predicted octanol–water partition coefficient (Wildman–Crippen LogP) is 7.39. The molecule has 1 aromatic carbocycles. The van der Waals surface area contributed by atoms with Gasteiger partial charge in [-0.15, -0.1) is 0 Å². The number of benzene rings is 1. The van der Waals surface area contributed by atoms with Gasteiger partial charge in [0.25, 0.3) is 5.88 Å². The van der Waals surface area contributed by atoms with Gasteiger partial charge in [0, 0.05) is 24.4 Å². The summed E-state index contributed by atoms with van der Waals surface area (Å²) in [6.45, 7) is 1.96. The minimum atomic E-state index is -4.66. The summed E-state index contributed by atoms with van der Waals surface area (Å²) in [7, 11) is 1.35. The third kappa shape index (κ3) is 6.83. The van der Waals surface area contributed by atoms with Gasteiger partial charge in [-0.05, 0) is 50.3 Å². The third-order valence-corrected chi connectivity index (χ3v) is 6.78. The van der Waals surface area contributed by atoms with Crippen LogP contribution in [0.15, 0.2) is 53.6 Å². The Hall–Kier alpha value is -4.36. The molecule has 0 saturated heterocycles. The second-order valence-corrected chi connectivity index (χ2v) is 9.98. The molecule has 228 valence electrons. The van der Waals surface area contributed by atoms with E-state index in [2.05, 4.69) is 31.3 Å². The first-order valence-electron chi connectivity index (χ1n) is 13.4. The van der Waals surface area contributed by atoms with Crippen LogP contribution in [0.4, 0.5) is 26.3 Å². The molecular formula is C29H27F6N5O3. The molecule has 0 aliphatic heterocycles. The van der Waals surface area contributed by atoms with Crippen LogP contribution < -0.4 is 9.47 Å². The fourth-order valence-electron chi connectivity index (χ4n) is 4.48. The Labute approximate surface area is 242 Å². The lowest BCUT2D eigenvalue weighted by atomic mass is 10.1. The molecule has 2 saturated carbocycles. The van der Waals surface area contributed by atoms with Crippen LogP contribution in [0.2, 0.25) is 0 Å². The van der Waals surface area contributed by atoms with E-state index in [0.29, 0.717) is 24.1 Å². The van der Waals surface area contributed by atoms with E-state index < -0.39 is 24.3 Å². The summed E-state index contributed by atoms with van der Waals surface area (Å²) in [5.74, 6) is -1.27. The molecule has 0 N–H and O–H groups in total. The smallest absolute Gasteiger partial charge is 0.434 e. The molecule has 14 heteroatoms. The summed E-state index contributed by atoms with van der Waals surface area (Å²) in [6.07, 6.45) is 1.99. The van der Waals surface area contributed by atoms with Crippen molar-refractivity contribution >= 4 is 11.8 Å². The van der Waals surface area contributed by atoms with Gasteiger partial charge < -0.3 is 18.8 Å². The van der Waals surface area contributed by atoms with Crippen LogP contribution >= 0.6 is 0 Å². The number of imidazole rings is 1. The Kier molecular flexibility index (Phi) is 8.47. The summed E-state index contributed by atoms with van der Waals surface area (Å²) in [5.41, 5.74) is -0.297. The lowest BCUT2D eigenvalue weighted by Crippen LogP contribution is -2.09. The van der Waals surface area contributed by atoms with Gasteiger partial charge in [0.15, 0.2) is 17.3 Å². The van der Waals surface area contributed by atoms with E-state index in [9.17, 15) is 22.0 Å². The molecule has 3 aromatic rings. The van der Waals surface area contributed by atoms with E-state index in [0.717, 1.165) is 25.1 Å². The topological polar surface area (TPSA) is 83.7 Å².